The molecule has 19 heavy (non-hydrogen) atoms. The van der Waals surface area contributed by atoms with Crippen LogP contribution in [0.15, 0.2) is 18.2 Å². The summed E-state index contributed by atoms with van der Waals surface area (Å²) < 4.78 is 27.6. The fourth-order valence-electron chi connectivity index (χ4n) is 1.90. The first kappa shape index (κ1) is 15.8. The van der Waals surface area contributed by atoms with Crippen molar-refractivity contribution in [3.05, 3.63) is 41.0 Å². The quantitative estimate of drug-likeness (QED) is 0.757. The Morgan fingerprint density at radius 1 is 1.32 bits per heavy atom. The summed E-state index contributed by atoms with van der Waals surface area (Å²) in [6, 6.07) is 2.79. The Morgan fingerprint density at radius 3 is 2.63 bits per heavy atom. The minimum atomic E-state index is -0.494. The molecule has 0 aliphatic rings. The standard InChI is InChI=1S/C16H23F2N/c1-11(2)10-19-9-5-6-12(3)15-14(17)8-7-13(4)16(15)18/h6-8,11,19H,5,9-10H2,1-4H3/b12-6-. The van der Waals surface area contributed by atoms with Crippen LogP contribution in [0.1, 0.15) is 38.3 Å². The van der Waals surface area contributed by atoms with Gasteiger partial charge in [0.25, 0.3) is 0 Å². The van der Waals surface area contributed by atoms with Crippen LogP contribution in [0.4, 0.5) is 8.78 Å². The van der Waals surface area contributed by atoms with E-state index in [1.54, 1.807) is 13.8 Å². The van der Waals surface area contributed by atoms with Crippen molar-refractivity contribution in [2.45, 2.75) is 34.1 Å². The van der Waals surface area contributed by atoms with Crippen LogP contribution in [-0.4, -0.2) is 13.1 Å². The van der Waals surface area contributed by atoms with Gasteiger partial charge in [-0.05, 0) is 56.5 Å². The van der Waals surface area contributed by atoms with Crippen LogP contribution >= 0.6 is 0 Å². The molecule has 0 bridgehead atoms. The smallest absolute Gasteiger partial charge is 0.136 e. The number of benzene rings is 1. The van der Waals surface area contributed by atoms with E-state index in [0.29, 0.717) is 17.1 Å². The topological polar surface area (TPSA) is 12.0 Å². The SMILES string of the molecule is C/C(=C/CCNCC(C)C)c1c(F)ccc(C)c1F. The third-order valence-electron chi connectivity index (χ3n) is 3.00. The minimum Gasteiger partial charge on any atom is -0.316 e. The zero-order valence-corrected chi connectivity index (χ0v) is 12.2. The molecule has 1 nitrogen and oxygen atoms in total. The number of halogens is 2. The van der Waals surface area contributed by atoms with Gasteiger partial charge in [-0.3, -0.25) is 0 Å². The summed E-state index contributed by atoms with van der Waals surface area (Å²) in [5.74, 6) is -0.340. The normalized spacial score (nSPS) is 12.3. The molecule has 0 aliphatic carbocycles. The van der Waals surface area contributed by atoms with E-state index in [1.165, 1.54) is 12.1 Å². The second kappa shape index (κ2) is 7.39. The van der Waals surface area contributed by atoms with E-state index in [4.69, 9.17) is 0 Å². The van der Waals surface area contributed by atoms with E-state index in [0.717, 1.165) is 19.5 Å². The lowest BCUT2D eigenvalue weighted by atomic mass is 10.0. The Bertz CT molecular complexity index is 450. The average molecular weight is 267 g/mol. The maximum Gasteiger partial charge on any atom is 0.136 e. The van der Waals surface area contributed by atoms with Gasteiger partial charge in [0.2, 0.25) is 0 Å². The highest BCUT2D eigenvalue weighted by Gasteiger charge is 2.12. The van der Waals surface area contributed by atoms with Crippen LogP contribution in [0.5, 0.6) is 0 Å². The zero-order valence-electron chi connectivity index (χ0n) is 12.2. The number of hydrogen-bond donors (Lipinski definition) is 1. The monoisotopic (exact) mass is 267 g/mol. The molecule has 1 rings (SSSR count). The molecule has 0 aliphatic heterocycles. The van der Waals surface area contributed by atoms with E-state index < -0.39 is 11.6 Å². The van der Waals surface area contributed by atoms with E-state index in [1.807, 2.05) is 6.08 Å². The van der Waals surface area contributed by atoms with Crippen molar-refractivity contribution >= 4 is 5.57 Å². The van der Waals surface area contributed by atoms with E-state index in [9.17, 15) is 8.78 Å². The van der Waals surface area contributed by atoms with Gasteiger partial charge >= 0.3 is 0 Å². The summed E-state index contributed by atoms with van der Waals surface area (Å²) in [7, 11) is 0. The predicted molar refractivity (Wildman–Crippen MR) is 77.1 cm³/mol. The number of nitrogens with one attached hydrogen (secondary N) is 1. The molecule has 1 aromatic rings. The Kier molecular flexibility index (Phi) is 6.16. The van der Waals surface area contributed by atoms with Crippen molar-refractivity contribution < 1.29 is 8.78 Å². The molecule has 0 saturated carbocycles. The van der Waals surface area contributed by atoms with Crippen molar-refractivity contribution in [3.8, 4) is 0 Å². The van der Waals surface area contributed by atoms with Gasteiger partial charge < -0.3 is 5.32 Å². The maximum atomic E-state index is 13.9. The van der Waals surface area contributed by atoms with Gasteiger partial charge in [0.05, 0.1) is 0 Å². The summed E-state index contributed by atoms with van der Waals surface area (Å²) in [5, 5.41) is 3.30. The predicted octanol–water partition coefficient (Wildman–Crippen LogP) is 4.31. The minimum absolute atomic E-state index is 0.101. The van der Waals surface area contributed by atoms with Gasteiger partial charge in [-0.15, -0.1) is 0 Å². The first-order valence-corrected chi connectivity index (χ1v) is 6.76. The van der Waals surface area contributed by atoms with Crippen molar-refractivity contribution in [3.63, 3.8) is 0 Å². The van der Waals surface area contributed by atoms with Gasteiger partial charge in [0, 0.05) is 5.56 Å². The van der Waals surface area contributed by atoms with Gasteiger partial charge in [0.15, 0.2) is 0 Å². The number of hydrogen-bond acceptors (Lipinski definition) is 1. The Morgan fingerprint density at radius 2 is 2.00 bits per heavy atom. The van der Waals surface area contributed by atoms with Crippen molar-refractivity contribution in [2.75, 3.05) is 13.1 Å². The molecule has 0 spiro atoms. The fourth-order valence-corrected chi connectivity index (χ4v) is 1.90. The van der Waals surface area contributed by atoms with Crippen molar-refractivity contribution in [1.29, 1.82) is 0 Å². The van der Waals surface area contributed by atoms with Gasteiger partial charge in [-0.1, -0.05) is 26.0 Å². The molecule has 1 N–H and O–H groups in total. The Balaban J connectivity index is 2.67. The number of aryl methyl sites for hydroxylation is 1. The molecule has 1 aromatic carbocycles. The maximum absolute atomic E-state index is 13.9. The molecule has 0 unspecified atom stereocenters. The Hall–Kier alpha value is -1.22. The summed E-state index contributed by atoms with van der Waals surface area (Å²) >= 11 is 0. The van der Waals surface area contributed by atoms with Gasteiger partial charge in [-0.2, -0.15) is 0 Å². The summed E-state index contributed by atoms with van der Waals surface area (Å²) in [6.45, 7) is 9.47. The molecule has 0 atom stereocenters. The zero-order chi connectivity index (χ0) is 14.4. The summed E-state index contributed by atoms with van der Waals surface area (Å²) in [6.07, 6.45) is 2.65. The average Bonchev–Trinajstić information content (AvgIpc) is 2.33. The lowest BCUT2D eigenvalue weighted by molar-refractivity contribution is 0.556. The molecule has 3 heteroatoms. The first-order chi connectivity index (χ1) is 8.93. The van der Waals surface area contributed by atoms with Gasteiger partial charge in [-0.25, -0.2) is 8.78 Å². The summed E-state index contributed by atoms with van der Waals surface area (Å²) in [4.78, 5) is 0. The lowest BCUT2D eigenvalue weighted by Crippen LogP contribution is -2.20. The van der Waals surface area contributed by atoms with Crippen LogP contribution in [0, 0.1) is 24.5 Å². The van der Waals surface area contributed by atoms with Crippen LogP contribution in [0.25, 0.3) is 5.57 Å². The highest BCUT2D eigenvalue weighted by molar-refractivity contribution is 5.65. The Labute approximate surface area is 114 Å². The number of allylic oxidation sites excluding steroid dienone is 1. The molecular formula is C16H23F2N. The molecule has 0 aromatic heterocycles. The van der Waals surface area contributed by atoms with E-state index >= 15 is 0 Å². The van der Waals surface area contributed by atoms with E-state index in [2.05, 4.69) is 19.2 Å². The van der Waals surface area contributed by atoms with Crippen LogP contribution in [0.3, 0.4) is 0 Å². The van der Waals surface area contributed by atoms with Crippen molar-refractivity contribution in [2.24, 2.45) is 5.92 Å². The highest BCUT2D eigenvalue weighted by atomic mass is 19.1. The second-order valence-corrected chi connectivity index (χ2v) is 5.33. The van der Waals surface area contributed by atoms with Crippen molar-refractivity contribution in [1.82, 2.24) is 5.32 Å². The summed E-state index contributed by atoms with van der Waals surface area (Å²) in [5.41, 5.74) is 1.23. The third-order valence-corrected chi connectivity index (χ3v) is 3.00. The first-order valence-electron chi connectivity index (χ1n) is 6.76. The van der Waals surface area contributed by atoms with Gasteiger partial charge in [0.1, 0.15) is 11.6 Å². The fraction of sp³-hybridized carbons (Fsp3) is 0.500. The largest absolute Gasteiger partial charge is 0.316 e. The highest BCUT2D eigenvalue weighted by Crippen LogP contribution is 2.24. The van der Waals surface area contributed by atoms with Crippen LogP contribution in [-0.2, 0) is 0 Å². The van der Waals surface area contributed by atoms with E-state index in [-0.39, 0.29) is 5.56 Å². The molecule has 0 fully saturated rings. The molecule has 106 valence electrons. The molecule has 0 heterocycles. The molecule has 0 radical (unpaired) electrons. The lowest BCUT2D eigenvalue weighted by Gasteiger charge is -2.09. The number of rotatable bonds is 6. The van der Waals surface area contributed by atoms with Crippen LogP contribution in [0.2, 0.25) is 0 Å². The molecular weight excluding hydrogens is 244 g/mol. The molecule has 0 amide bonds. The van der Waals surface area contributed by atoms with Crippen LogP contribution < -0.4 is 5.32 Å². The third kappa shape index (κ3) is 4.75. The second-order valence-electron chi connectivity index (χ2n) is 5.33. The molecule has 0 saturated heterocycles.